The van der Waals surface area contributed by atoms with Crippen LogP contribution in [0.1, 0.15) is 16.1 Å². The number of hydrogen-bond acceptors (Lipinski definition) is 3. The van der Waals surface area contributed by atoms with Gasteiger partial charge in [0, 0.05) is 25.9 Å². The van der Waals surface area contributed by atoms with Crippen molar-refractivity contribution in [3.63, 3.8) is 0 Å². The van der Waals surface area contributed by atoms with E-state index < -0.39 is 5.97 Å². The second-order valence-corrected chi connectivity index (χ2v) is 8.85. The fourth-order valence-electron chi connectivity index (χ4n) is 3.78. The summed E-state index contributed by atoms with van der Waals surface area (Å²) in [5.41, 5.74) is 4.17. The van der Waals surface area contributed by atoms with Gasteiger partial charge in [-0.05, 0) is 49.4 Å². The van der Waals surface area contributed by atoms with Gasteiger partial charge in [0.2, 0.25) is 0 Å². The minimum absolute atomic E-state index is 0.267. The molecule has 2 aromatic heterocycles. The first-order valence-electron chi connectivity index (χ1n) is 9.93. The maximum Gasteiger partial charge on any atom is 0.335 e. The largest absolute Gasteiger partial charge is 0.478 e. The zero-order valence-electron chi connectivity index (χ0n) is 17.1. The highest BCUT2D eigenvalue weighted by Crippen LogP contribution is 2.40. The van der Waals surface area contributed by atoms with Crippen molar-refractivity contribution in [2.75, 3.05) is 0 Å². The van der Waals surface area contributed by atoms with Crippen molar-refractivity contribution in [3.05, 3.63) is 101 Å². The Morgan fingerprint density at radius 1 is 1.00 bits per heavy atom. The number of nitrogens with zero attached hydrogens (tertiary/aromatic N) is 3. The molecule has 5 nitrogen and oxygen atoms in total. The summed E-state index contributed by atoms with van der Waals surface area (Å²) in [6.07, 6.45) is 3.82. The molecule has 7 heteroatoms. The van der Waals surface area contributed by atoms with Crippen LogP contribution in [0.15, 0.2) is 95.0 Å². The molecule has 0 saturated heterocycles. The lowest BCUT2D eigenvalue weighted by Gasteiger charge is -2.07. The predicted octanol–water partition coefficient (Wildman–Crippen LogP) is 6.63. The number of fused-ring (bicyclic) bond motifs is 1. The van der Waals surface area contributed by atoms with E-state index in [2.05, 4.69) is 16.6 Å². The van der Waals surface area contributed by atoms with Gasteiger partial charge in [0.25, 0.3) is 0 Å². The second-order valence-electron chi connectivity index (χ2n) is 7.33. The number of halogens is 1. The van der Waals surface area contributed by atoms with Crippen LogP contribution >= 0.6 is 23.4 Å². The third-order valence-corrected chi connectivity index (χ3v) is 6.70. The maximum absolute atomic E-state index is 11.4. The summed E-state index contributed by atoms with van der Waals surface area (Å²) in [7, 11) is 0. The average Bonchev–Trinajstić information content (AvgIpc) is 3.37. The minimum atomic E-state index is -0.938. The first kappa shape index (κ1) is 20.4. The summed E-state index contributed by atoms with van der Waals surface area (Å²) in [5.74, 6) is -0.938. The molecule has 0 atom stereocenters. The Labute approximate surface area is 193 Å². The molecule has 0 aliphatic heterocycles. The molecule has 0 aliphatic carbocycles. The molecular formula is C25H18ClN3O2S. The summed E-state index contributed by atoms with van der Waals surface area (Å²) in [6, 6.07) is 22.7. The van der Waals surface area contributed by atoms with Gasteiger partial charge < -0.3 is 9.67 Å². The van der Waals surface area contributed by atoms with Gasteiger partial charge in [-0.3, -0.25) is 0 Å². The van der Waals surface area contributed by atoms with Crippen LogP contribution in [0.2, 0.25) is 5.02 Å². The highest BCUT2D eigenvalue weighted by atomic mass is 35.5. The fourth-order valence-corrected chi connectivity index (χ4v) is 5.04. The van der Waals surface area contributed by atoms with Crippen LogP contribution in [0.4, 0.5) is 0 Å². The zero-order valence-corrected chi connectivity index (χ0v) is 18.6. The first-order chi connectivity index (χ1) is 15.5. The third-order valence-electron chi connectivity index (χ3n) is 5.26. The van der Waals surface area contributed by atoms with Crippen LogP contribution < -0.4 is 0 Å². The number of hydrogen-bond donors (Lipinski definition) is 1. The molecule has 0 radical (unpaired) electrons. The van der Waals surface area contributed by atoms with Gasteiger partial charge in [0.05, 0.1) is 34.8 Å². The van der Waals surface area contributed by atoms with E-state index in [4.69, 9.17) is 11.6 Å². The van der Waals surface area contributed by atoms with Crippen LogP contribution in [0, 0.1) is 6.92 Å². The Morgan fingerprint density at radius 2 is 1.81 bits per heavy atom. The van der Waals surface area contributed by atoms with Gasteiger partial charge in [-0.25, -0.2) is 9.48 Å². The summed E-state index contributed by atoms with van der Waals surface area (Å²) < 4.78 is 3.98. The fraction of sp³-hybridized carbons (Fsp3) is 0.0400. The first-order valence-corrected chi connectivity index (χ1v) is 11.1. The lowest BCUT2D eigenvalue weighted by molar-refractivity contribution is 0.0696. The lowest BCUT2D eigenvalue weighted by Crippen LogP contribution is -1.96. The van der Waals surface area contributed by atoms with E-state index in [-0.39, 0.29) is 5.56 Å². The minimum Gasteiger partial charge on any atom is -0.478 e. The summed E-state index contributed by atoms with van der Waals surface area (Å²) in [4.78, 5) is 13.3. The normalized spacial score (nSPS) is 11.2. The van der Waals surface area contributed by atoms with Gasteiger partial charge in [-0.1, -0.05) is 53.7 Å². The second kappa shape index (κ2) is 8.22. The number of carboxylic acid groups (broad SMARTS) is 1. The highest BCUT2D eigenvalue weighted by Gasteiger charge is 2.18. The van der Waals surface area contributed by atoms with E-state index in [9.17, 15) is 9.90 Å². The van der Waals surface area contributed by atoms with Crippen molar-refractivity contribution in [3.8, 4) is 11.4 Å². The molecule has 0 fully saturated rings. The highest BCUT2D eigenvalue weighted by molar-refractivity contribution is 7.99. The van der Waals surface area contributed by atoms with E-state index in [1.54, 1.807) is 30.0 Å². The molecule has 0 unspecified atom stereocenters. The molecule has 0 saturated carbocycles. The summed E-state index contributed by atoms with van der Waals surface area (Å²) in [5, 5.41) is 15.6. The van der Waals surface area contributed by atoms with E-state index in [0.717, 1.165) is 37.8 Å². The molecule has 3 aromatic carbocycles. The molecule has 0 bridgehead atoms. The van der Waals surface area contributed by atoms with Gasteiger partial charge in [0.15, 0.2) is 0 Å². The Hall–Kier alpha value is -3.48. The Bertz CT molecular complexity index is 1460. The Morgan fingerprint density at radius 3 is 2.59 bits per heavy atom. The van der Waals surface area contributed by atoms with Crippen molar-refractivity contribution in [2.45, 2.75) is 16.7 Å². The van der Waals surface area contributed by atoms with Crippen LogP contribution in [-0.4, -0.2) is 25.4 Å². The van der Waals surface area contributed by atoms with Crippen molar-refractivity contribution in [1.29, 1.82) is 0 Å². The average molecular weight is 460 g/mol. The molecular weight excluding hydrogens is 442 g/mol. The molecule has 158 valence electrons. The van der Waals surface area contributed by atoms with Crippen molar-refractivity contribution in [2.24, 2.45) is 0 Å². The van der Waals surface area contributed by atoms with E-state index >= 15 is 0 Å². The number of rotatable bonds is 5. The van der Waals surface area contributed by atoms with Crippen molar-refractivity contribution >= 4 is 40.2 Å². The number of carbonyl (C=O) groups is 1. The maximum atomic E-state index is 11.4. The smallest absolute Gasteiger partial charge is 0.335 e. The van der Waals surface area contributed by atoms with E-state index in [0.29, 0.717) is 5.02 Å². The predicted molar refractivity (Wildman–Crippen MR) is 128 cm³/mol. The van der Waals surface area contributed by atoms with Crippen molar-refractivity contribution < 1.29 is 9.90 Å². The van der Waals surface area contributed by atoms with Crippen LogP contribution in [0.3, 0.4) is 0 Å². The van der Waals surface area contributed by atoms with Gasteiger partial charge in [-0.2, -0.15) is 5.10 Å². The van der Waals surface area contributed by atoms with Crippen LogP contribution in [0.25, 0.3) is 22.3 Å². The molecule has 0 aliphatic rings. The van der Waals surface area contributed by atoms with Gasteiger partial charge in [0.1, 0.15) is 0 Å². The van der Waals surface area contributed by atoms with Crippen LogP contribution in [-0.2, 0) is 0 Å². The Kier molecular flexibility index (Phi) is 5.25. The number of aromatic carboxylic acids is 1. The third kappa shape index (κ3) is 3.68. The molecule has 5 rings (SSSR count). The summed E-state index contributed by atoms with van der Waals surface area (Å²) in [6.45, 7) is 2.05. The molecule has 5 aromatic rings. The standard InChI is InChI=1S/C25H18ClN3O2S/c1-16-24(32-21-9-5-6-17(12-21)25(30)31)22-11-10-18(26)13-23(22)29(16)20-14-27-28(15-20)19-7-3-2-4-8-19/h2-15H,1H3,(H,30,31). The van der Waals surface area contributed by atoms with Gasteiger partial charge >= 0.3 is 5.97 Å². The molecule has 0 spiro atoms. The quantitative estimate of drug-likeness (QED) is 0.320. The number of aromatic nitrogens is 3. The zero-order chi connectivity index (χ0) is 22.2. The monoisotopic (exact) mass is 459 g/mol. The number of benzene rings is 3. The van der Waals surface area contributed by atoms with Crippen LogP contribution in [0.5, 0.6) is 0 Å². The SMILES string of the molecule is Cc1c(Sc2cccc(C(=O)O)c2)c2ccc(Cl)cc2n1-c1cnn(-c2ccccc2)c1. The molecule has 2 heterocycles. The van der Waals surface area contributed by atoms with Gasteiger partial charge in [-0.15, -0.1) is 0 Å². The lowest BCUT2D eigenvalue weighted by atomic mass is 10.2. The van der Waals surface area contributed by atoms with E-state index in [1.807, 2.05) is 71.7 Å². The Balaban J connectivity index is 1.64. The van der Waals surface area contributed by atoms with Crippen molar-refractivity contribution in [1.82, 2.24) is 14.3 Å². The molecule has 32 heavy (non-hydrogen) atoms. The number of para-hydroxylation sites is 1. The summed E-state index contributed by atoms with van der Waals surface area (Å²) >= 11 is 7.90. The van der Waals surface area contributed by atoms with E-state index in [1.165, 1.54) is 0 Å². The molecule has 1 N–H and O–H groups in total. The molecule has 0 amide bonds. The number of carboxylic acids is 1. The topological polar surface area (TPSA) is 60.0 Å².